The molecule has 1 heterocycles. The number of hydrogen-bond acceptors (Lipinski definition) is 4. The third-order valence-corrected chi connectivity index (χ3v) is 2.02. The fourth-order valence-corrected chi connectivity index (χ4v) is 1.29. The van der Waals surface area contributed by atoms with Gasteiger partial charge in [0.25, 0.3) is 0 Å². The molecule has 2 N–H and O–H groups in total. The predicted molar refractivity (Wildman–Crippen MR) is 52.9 cm³/mol. The second-order valence-corrected chi connectivity index (χ2v) is 2.92. The van der Waals surface area contributed by atoms with Crippen molar-refractivity contribution in [3.63, 3.8) is 0 Å². The van der Waals surface area contributed by atoms with E-state index >= 15 is 0 Å². The lowest BCUT2D eigenvalue weighted by atomic mass is 10.2. The molecule has 1 aromatic heterocycles. The summed E-state index contributed by atoms with van der Waals surface area (Å²) in [6.45, 7) is 2.00. The largest absolute Gasteiger partial charge is 0.397 e. The van der Waals surface area contributed by atoms with Crippen LogP contribution in [0.2, 0.25) is 0 Å². The highest BCUT2D eigenvalue weighted by Gasteiger charge is 2.07. The van der Waals surface area contributed by atoms with Crippen LogP contribution in [0, 0.1) is 0 Å². The standard InChI is InChI=1S/C9H11N5/c1-2-9-11-12-13-14(9)8-6-4-3-5-7(8)10/h3-6H,2,10H2,1H3. The van der Waals surface area contributed by atoms with Crippen molar-refractivity contribution in [1.82, 2.24) is 20.2 Å². The average molecular weight is 189 g/mol. The van der Waals surface area contributed by atoms with E-state index in [9.17, 15) is 0 Å². The van der Waals surface area contributed by atoms with Crippen molar-refractivity contribution < 1.29 is 0 Å². The number of para-hydroxylation sites is 2. The molecule has 14 heavy (non-hydrogen) atoms. The molecule has 0 atom stereocenters. The molecule has 0 amide bonds. The molecule has 5 nitrogen and oxygen atoms in total. The van der Waals surface area contributed by atoms with Gasteiger partial charge in [0.05, 0.1) is 11.4 Å². The van der Waals surface area contributed by atoms with Crippen LogP contribution in [-0.4, -0.2) is 20.2 Å². The summed E-state index contributed by atoms with van der Waals surface area (Å²) in [5.41, 5.74) is 7.32. The van der Waals surface area contributed by atoms with Crippen molar-refractivity contribution >= 4 is 5.69 Å². The molecular weight excluding hydrogens is 178 g/mol. The van der Waals surface area contributed by atoms with Crippen LogP contribution in [-0.2, 0) is 6.42 Å². The van der Waals surface area contributed by atoms with Gasteiger partial charge in [-0.2, -0.15) is 4.68 Å². The first-order valence-electron chi connectivity index (χ1n) is 4.45. The van der Waals surface area contributed by atoms with Gasteiger partial charge in [-0.25, -0.2) is 0 Å². The lowest BCUT2D eigenvalue weighted by Gasteiger charge is -2.05. The Morgan fingerprint density at radius 1 is 1.36 bits per heavy atom. The monoisotopic (exact) mass is 189 g/mol. The Hall–Kier alpha value is -1.91. The summed E-state index contributed by atoms with van der Waals surface area (Å²) in [7, 11) is 0. The molecule has 0 spiro atoms. The summed E-state index contributed by atoms with van der Waals surface area (Å²) in [5, 5.41) is 11.4. The van der Waals surface area contributed by atoms with E-state index < -0.39 is 0 Å². The molecule has 0 fully saturated rings. The molecule has 72 valence electrons. The molecule has 0 aliphatic heterocycles. The number of rotatable bonds is 2. The maximum Gasteiger partial charge on any atom is 0.156 e. The van der Waals surface area contributed by atoms with Crippen LogP contribution < -0.4 is 5.73 Å². The molecule has 0 saturated heterocycles. The van der Waals surface area contributed by atoms with Crippen LogP contribution in [0.4, 0.5) is 5.69 Å². The molecule has 5 heteroatoms. The van der Waals surface area contributed by atoms with E-state index in [4.69, 9.17) is 5.73 Å². The molecule has 0 radical (unpaired) electrons. The highest BCUT2D eigenvalue weighted by molar-refractivity contribution is 5.56. The molecule has 0 aliphatic carbocycles. The van der Waals surface area contributed by atoms with Gasteiger partial charge >= 0.3 is 0 Å². The van der Waals surface area contributed by atoms with Crippen LogP contribution >= 0.6 is 0 Å². The number of aryl methyl sites for hydroxylation is 1. The fourth-order valence-electron chi connectivity index (χ4n) is 1.29. The van der Waals surface area contributed by atoms with Gasteiger partial charge in [-0.15, -0.1) is 5.10 Å². The number of benzene rings is 1. The quantitative estimate of drug-likeness (QED) is 0.709. The summed E-state index contributed by atoms with van der Waals surface area (Å²) < 4.78 is 1.66. The summed E-state index contributed by atoms with van der Waals surface area (Å²) in [6.07, 6.45) is 0.779. The van der Waals surface area contributed by atoms with Gasteiger partial charge in [0, 0.05) is 6.42 Å². The number of tetrazole rings is 1. The van der Waals surface area contributed by atoms with Gasteiger partial charge < -0.3 is 5.73 Å². The number of hydrogen-bond donors (Lipinski definition) is 1. The van der Waals surface area contributed by atoms with Crippen LogP contribution in [0.15, 0.2) is 24.3 Å². The minimum Gasteiger partial charge on any atom is -0.397 e. The van der Waals surface area contributed by atoms with Crippen molar-refractivity contribution in [3.8, 4) is 5.69 Å². The maximum atomic E-state index is 5.82. The molecule has 0 bridgehead atoms. The van der Waals surface area contributed by atoms with Gasteiger partial charge in [0.2, 0.25) is 0 Å². The smallest absolute Gasteiger partial charge is 0.156 e. The van der Waals surface area contributed by atoms with Gasteiger partial charge in [-0.1, -0.05) is 19.1 Å². The molecule has 0 saturated carbocycles. The molecule has 2 aromatic rings. The molecule has 0 unspecified atom stereocenters. The third kappa shape index (κ3) is 1.32. The van der Waals surface area contributed by atoms with E-state index in [2.05, 4.69) is 15.5 Å². The number of nitrogens with zero attached hydrogens (tertiary/aromatic N) is 4. The number of aromatic nitrogens is 4. The van der Waals surface area contributed by atoms with Crippen molar-refractivity contribution in [3.05, 3.63) is 30.1 Å². The lowest BCUT2D eigenvalue weighted by molar-refractivity contribution is 0.768. The Balaban J connectivity index is 2.54. The van der Waals surface area contributed by atoms with Gasteiger partial charge in [-0.05, 0) is 22.6 Å². The Morgan fingerprint density at radius 2 is 2.14 bits per heavy atom. The van der Waals surface area contributed by atoms with Gasteiger partial charge in [0.1, 0.15) is 0 Å². The summed E-state index contributed by atoms with van der Waals surface area (Å²) >= 11 is 0. The topological polar surface area (TPSA) is 69.6 Å². The summed E-state index contributed by atoms with van der Waals surface area (Å²) in [5.74, 6) is 0.808. The van der Waals surface area contributed by atoms with E-state index in [1.54, 1.807) is 4.68 Å². The molecular formula is C9H11N5. The van der Waals surface area contributed by atoms with Crippen LogP contribution in [0.1, 0.15) is 12.7 Å². The first kappa shape index (κ1) is 8.68. The van der Waals surface area contributed by atoms with E-state index in [0.29, 0.717) is 5.69 Å². The Morgan fingerprint density at radius 3 is 2.86 bits per heavy atom. The SMILES string of the molecule is CCc1nnnn1-c1ccccc1N. The second-order valence-electron chi connectivity index (χ2n) is 2.92. The van der Waals surface area contributed by atoms with Gasteiger partial charge in [-0.3, -0.25) is 0 Å². The highest BCUT2D eigenvalue weighted by atomic mass is 15.5. The zero-order valence-electron chi connectivity index (χ0n) is 7.88. The molecule has 1 aromatic carbocycles. The summed E-state index contributed by atoms with van der Waals surface area (Å²) in [4.78, 5) is 0. The number of nitrogen functional groups attached to an aromatic ring is 1. The van der Waals surface area contributed by atoms with Crippen LogP contribution in [0.3, 0.4) is 0 Å². The van der Waals surface area contributed by atoms with Crippen molar-refractivity contribution in [2.45, 2.75) is 13.3 Å². The van der Waals surface area contributed by atoms with Crippen LogP contribution in [0.5, 0.6) is 0 Å². The normalized spacial score (nSPS) is 10.4. The highest BCUT2D eigenvalue weighted by Crippen LogP contribution is 2.15. The molecule has 0 aliphatic rings. The average Bonchev–Trinajstić information content (AvgIpc) is 2.66. The Labute approximate surface area is 81.5 Å². The Bertz CT molecular complexity index is 434. The maximum absolute atomic E-state index is 5.82. The first-order chi connectivity index (χ1) is 6.83. The molecule has 2 rings (SSSR count). The number of anilines is 1. The van der Waals surface area contributed by atoms with Gasteiger partial charge in [0.15, 0.2) is 5.82 Å². The Kier molecular flexibility index (Phi) is 2.14. The lowest BCUT2D eigenvalue weighted by Crippen LogP contribution is -2.05. The fraction of sp³-hybridized carbons (Fsp3) is 0.222. The first-order valence-corrected chi connectivity index (χ1v) is 4.45. The third-order valence-electron chi connectivity index (χ3n) is 2.02. The van der Waals surface area contributed by atoms with E-state index in [0.717, 1.165) is 17.9 Å². The van der Waals surface area contributed by atoms with Crippen molar-refractivity contribution in [2.75, 3.05) is 5.73 Å². The van der Waals surface area contributed by atoms with Crippen LogP contribution in [0.25, 0.3) is 5.69 Å². The predicted octanol–water partition coefficient (Wildman–Crippen LogP) is 0.807. The van der Waals surface area contributed by atoms with Crippen molar-refractivity contribution in [1.29, 1.82) is 0 Å². The zero-order chi connectivity index (χ0) is 9.97. The van der Waals surface area contributed by atoms with E-state index in [-0.39, 0.29) is 0 Å². The van der Waals surface area contributed by atoms with Crippen molar-refractivity contribution in [2.24, 2.45) is 0 Å². The number of nitrogens with two attached hydrogens (primary N) is 1. The minimum absolute atomic E-state index is 0.675. The summed E-state index contributed by atoms with van der Waals surface area (Å²) in [6, 6.07) is 7.52. The van der Waals surface area contributed by atoms with E-state index in [1.807, 2.05) is 31.2 Å². The minimum atomic E-state index is 0.675. The van der Waals surface area contributed by atoms with E-state index in [1.165, 1.54) is 0 Å². The second kappa shape index (κ2) is 3.45. The zero-order valence-corrected chi connectivity index (χ0v) is 7.88.